The van der Waals surface area contributed by atoms with E-state index < -0.39 is 0 Å². The van der Waals surface area contributed by atoms with E-state index in [4.69, 9.17) is 0 Å². The van der Waals surface area contributed by atoms with Crippen LogP contribution in [0.2, 0.25) is 0 Å². The van der Waals surface area contributed by atoms with Crippen molar-refractivity contribution in [1.82, 2.24) is 0 Å². The number of allylic oxidation sites excluding steroid dienone is 1. The van der Waals surface area contributed by atoms with Crippen LogP contribution in [0.25, 0.3) is 0 Å². The molecule has 3 atom stereocenters. The van der Waals surface area contributed by atoms with Gasteiger partial charge in [0.1, 0.15) is 0 Å². The zero-order valence-electron chi connectivity index (χ0n) is 8.82. The second-order valence-corrected chi connectivity index (χ2v) is 4.36. The van der Waals surface area contributed by atoms with Crippen molar-refractivity contribution in [1.29, 1.82) is 0 Å². The number of hydrogen-bond donors (Lipinski definition) is 0. The normalized spacial score (nSPS) is 29.9. The Labute approximate surface area is 86.7 Å². The predicted molar refractivity (Wildman–Crippen MR) is 61.1 cm³/mol. The van der Waals surface area contributed by atoms with Gasteiger partial charge in [-0.25, -0.2) is 0 Å². The lowest BCUT2D eigenvalue weighted by Gasteiger charge is -1.99. The van der Waals surface area contributed by atoms with Gasteiger partial charge in [0.2, 0.25) is 0 Å². The third-order valence-electron chi connectivity index (χ3n) is 3.52. The first-order valence-electron chi connectivity index (χ1n) is 5.49. The van der Waals surface area contributed by atoms with E-state index in [1.165, 1.54) is 18.4 Å². The standard InChI is InChI=1S/C14H18/c1-3-13-11(2)14(13)10-9-12-7-5-4-6-8-12/h3-8,11,13-14H,1,9-10H2,2H3/t11-,13-,14-/m0/s1. The third-order valence-corrected chi connectivity index (χ3v) is 3.52. The fourth-order valence-corrected chi connectivity index (χ4v) is 2.40. The minimum absolute atomic E-state index is 0.790. The topological polar surface area (TPSA) is 0 Å². The molecule has 2 rings (SSSR count). The zero-order chi connectivity index (χ0) is 9.97. The van der Waals surface area contributed by atoms with Gasteiger partial charge in [0.15, 0.2) is 0 Å². The fraction of sp³-hybridized carbons (Fsp3) is 0.429. The number of aryl methyl sites for hydroxylation is 1. The van der Waals surface area contributed by atoms with E-state index in [1.54, 1.807) is 0 Å². The second-order valence-electron chi connectivity index (χ2n) is 4.36. The molecule has 0 radical (unpaired) electrons. The van der Waals surface area contributed by atoms with Crippen molar-refractivity contribution in [2.45, 2.75) is 19.8 Å². The van der Waals surface area contributed by atoms with Gasteiger partial charge < -0.3 is 0 Å². The van der Waals surface area contributed by atoms with Crippen LogP contribution in [-0.2, 0) is 6.42 Å². The largest absolute Gasteiger partial charge is 0.103 e. The van der Waals surface area contributed by atoms with Gasteiger partial charge in [0, 0.05) is 0 Å². The first-order chi connectivity index (χ1) is 6.83. The molecule has 0 heterocycles. The highest BCUT2D eigenvalue weighted by Gasteiger charge is 2.43. The molecule has 0 bridgehead atoms. The van der Waals surface area contributed by atoms with E-state index in [0.29, 0.717) is 0 Å². The summed E-state index contributed by atoms with van der Waals surface area (Å²) in [6.07, 6.45) is 4.67. The van der Waals surface area contributed by atoms with Crippen molar-refractivity contribution < 1.29 is 0 Å². The van der Waals surface area contributed by atoms with Crippen LogP contribution in [0, 0.1) is 17.8 Å². The second kappa shape index (κ2) is 4.00. The summed E-state index contributed by atoms with van der Waals surface area (Å²) in [4.78, 5) is 0. The van der Waals surface area contributed by atoms with E-state index >= 15 is 0 Å². The van der Waals surface area contributed by atoms with Crippen molar-refractivity contribution in [2.24, 2.45) is 17.8 Å². The molecule has 0 unspecified atom stereocenters. The molecule has 0 saturated heterocycles. The van der Waals surface area contributed by atoms with Gasteiger partial charge in [0.25, 0.3) is 0 Å². The van der Waals surface area contributed by atoms with E-state index in [2.05, 4.69) is 49.9 Å². The smallest absolute Gasteiger partial charge is 0.0176 e. The molecule has 1 fully saturated rings. The Morgan fingerprint density at radius 3 is 2.57 bits per heavy atom. The maximum Gasteiger partial charge on any atom is -0.0176 e. The SMILES string of the molecule is C=C[C@H]1[C@H](C)[C@@H]1CCc1ccccc1. The van der Waals surface area contributed by atoms with Crippen molar-refractivity contribution in [2.75, 3.05) is 0 Å². The van der Waals surface area contributed by atoms with Gasteiger partial charge in [-0.15, -0.1) is 6.58 Å². The molecule has 0 aromatic heterocycles. The lowest BCUT2D eigenvalue weighted by molar-refractivity contribution is 0.665. The Kier molecular flexibility index (Phi) is 2.72. The maximum absolute atomic E-state index is 3.88. The fourth-order valence-electron chi connectivity index (χ4n) is 2.40. The molecular formula is C14H18. The molecule has 0 aliphatic heterocycles. The summed E-state index contributed by atoms with van der Waals surface area (Å²) in [6, 6.07) is 10.8. The zero-order valence-corrected chi connectivity index (χ0v) is 8.82. The molecular weight excluding hydrogens is 168 g/mol. The van der Waals surface area contributed by atoms with E-state index in [0.717, 1.165) is 17.8 Å². The average molecular weight is 186 g/mol. The highest BCUT2D eigenvalue weighted by molar-refractivity contribution is 5.15. The Hall–Kier alpha value is -1.04. The van der Waals surface area contributed by atoms with Crippen LogP contribution < -0.4 is 0 Å². The van der Waals surface area contributed by atoms with Gasteiger partial charge in [-0.3, -0.25) is 0 Å². The number of rotatable bonds is 4. The third kappa shape index (κ3) is 1.89. The van der Waals surface area contributed by atoms with Crippen molar-refractivity contribution >= 4 is 0 Å². The lowest BCUT2D eigenvalue weighted by Crippen LogP contribution is -1.88. The Balaban J connectivity index is 1.82. The first-order valence-corrected chi connectivity index (χ1v) is 5.49. The van der Waals surface area contributed by atoms with Crippen LogP contribution in [0.3, 0.4) is 0 Å². The van der Waals surface area contributed by atoms with Crippen molar-refractivity contribution in [3.05, 3.63) is 48.6 Å². The molecule has 1 aliphatic carbocycles. The van der Waals surface area contributed by atoms with Crippen LogP contribution in [0.4, 0.5) is 0 Å². The molecule has 1 aromatic rings. The highest BCUT2D eigenvalue weighted by atomic mass is 14.5. The van der Waals surface area contributed by atoms with Crippen LogP contribution >= 0.6 is 0 Å². The molecule has 0 amide bonds. The Bertz CT molecular complexity index is 299. The maximum atomic E-state index is 3.88. The van der Waals surface area contributed by atoms with E-state index in [-0.39, 0.29) is 0 Å². The minimum Gasteiger partial charge on any atom is -0.103 e. The van der Waals surface area contributed by atoms with Crippen LogP contribution in [0.15, 0.2) is 43.0 Å². The van der Waals surface area contributed by atoms with Gasteiger partial charge in [-0.2, -0.15) is 0 Å². The summed E-state index contributed by atoms with van der Waals surface area (Å²) in [5, 5.41) is 0. The van der Waals surface area contributed by atoms with Crippen LogP contribution in [-0.4, -0.2) is 0 Å². The van der Waals surface area contributed by atoms with E-state index in [1.807, 2.05) is 0 Å². The van der Waals surface area contributed by atoms with Crippen LogP contribution in [0.5, 0.6) is 0 Å². The molecule has 0 N–H and O–H groups in total. The van der Waals surface area contributed by atoms with Gasteiger partial charge >= 0.3 is 0 Å². The molecule has 0 spiro atoms. The summed E-state index contributed by atoms with van der Waals surface area (Å²) in [5.41, 5.74) is 1.47. The quantitative estimate of drug-likeness (QED) is 0.629. The van der Waals surface area contributed by atoms with Gasteiger partial charge in [0.05, 0.1) is 0 Å². The Morgan fingerprint density at radius 1 is 1.29 bits per heavy atom. The number of benzene rings is 1. The highest BCUT2D eigenvalue weighted by Crippen LogP contribution is 2.49. The summed E-state index contributed by atoms with van der Waals surface area (Å²) < 4.78 is 0. The molecule has 14 heavy (non-hydrogen) atoms. The molecule has 74 valence electrons. The summed E-state index contributed by atoms with van der Waals surface area (Å²) in [6.45, 7) is 6.21. The predicted octanol–water partition coefficient (Wildman–Crippen LogP) is 3.69. The minimum atomic E-state index is 0.790. The van der Waals surface area contributed by atoms with Crippen LogP contribution in [0.1, 0.15) is 18.9 Å². The molecule has 0 heteroatoms. The van der Waals surface area contributed by atoms with Crippen molar-refractivity contribution in [3.8, 4) is 0 Å². The Morgan fingerprint density at radius 2 is 2.00 bits per heavy atom. The monoisotopic (exact) mass is 186 g/mol. The van der Waals surface area contributed by atoms with Gasteiger partial charge in [-0.05, 0) is 36.2 Å². The molecule has 1 aromatic carbocycles. The summed E-state index contributed by atoms with van der Waals surface area (Å²) in [5.74, 6) is 2.56. The van der Waals surface area contributed by atoms with Gasteiger partial charge in [-0.1, -0.05) is 43.3 Å². The lowest BCUT2D eigenvalue weighted by atomic mass is 10.1. The van der Waals surface area contributed by atoms with E-state index in [9.17, 15) is 0 Å². The molecule has 0 nitrogen and oxygen atoms in total. The summed E-state index contributed by atoms with van der Waals surface area (Å²) in [7, 11) is 0. The molecule has 1 aliphatic rings. The first kappa shape index (κ1) is 9.51. The van der Waals surface area contributed by atoms with Crippen molar-refractivity contribution in [3.63, 3.8) is 0 Å². The number of hydrogen-bond acceptors (Lipinski definition) is 0. The molecule has 1 saturated carbocycles. The average Bonchev–Trinajstić information content (AvgIpc) is 2.87. The summed E-state index contributed by atoms with van der Waals surface area (Å²) >= 11 is 0.